The van der Waals surface area contributed by atoms with E-state index in [9.17, 15) is 9.59 Å². The molecule has 3 heterocycles. The number of carbonyl (C=O) groups excluding carboxylic acids is 2. The van der Waals surface area contributed by atoms with Gasteiger partial charge in [-0.3, -0.25) is 19.5 Å². The van der Waals surface area contributed by atoms with Gasteiger partial charge < -0.3 is 15.0 Å². The highest BCUT2D eigenvalue weighted by atomic mass is 16.5. The Labute approximate surface area is 164 Å². The second-order valence-corrected chi connectivity index (χ2v) is 7.17. The van der Waals surface area contributed by atoms with E-state index in [4.69, 9.17) is 4.74 Å². The molecule has 2 aliphatic rings. The summed E-state index contributed by atoms with van der Waals surface area (Å²) in [7, 11) is 0. The maximum Gasteiger partial charge on any atom is 0.248 e. The molecule has 4 rings (SSSR count). The molecule has 2 atom stereocenters. The van der Waals surface area contributed by atoms with Gasteiger partial charge in [0.2, 0.25) is 11.8 Å². The number of aromatic nitrogens is 1. The molecule has 0 spiro atoms. The lowest BCUT2D eigenvalue weighted by atomic mass is 10.0. The third kappa shape index (κ3) is 4.21. The minimum absolute atomic E-state index is 0.0600. The average Bonchev–Trinajstić information content (AvgIpc) is 2.73. The van der Waals surface area contributed by atoms with E-state index in [2.05, 4.69) is 15.2 Å². The lowest BCUT2D eigenvalue weighted by molar-refractivity contribution is -0.155. The number of hydrogen-bond donors (Lipinski definition) is 1. The molecule has 2 aromatic rings. The van der Waals surface area contributed by atoms with Crippen molar-refractivity contribution in [2.75, 3.05) is 26.2 Å². The molecule has 0 bridgehead atoms. The standard InChI is InChI=1S/C21H24N4O3/c26-20-19-13-24(12-17-8-4-5-9-22-17)10-11-25(19)21(27)18(23-20)15-28-14-16-6-2-1-3-7-16/h1-9,18-19H,10-15H2,(H,23,26)/t18-,19+/m0/s1. The van der Waals surface area contributed by atoms with Crippen LogP contribution in [0.25, 0.3) is 0 Å². The molecule has 146 valence electrons. The third-order valence-corrected chi connectivity index (χ3v) is 5.17. The fourth-order valence-electron chi connectivity index (χ4n) is 3.70. The van der Waals surface area contributed by atoms with Crippen LogP contribution in [-0.4, -0.2) is 64.9 Å². The fraction of sp³-hybridized carbons (Fsp3) is 0.381. The van der Waals surface area contributed by atoms with Gasteiger partial charge in [0, 0.05) is 32.4 Å². The lowest BCUT2D eigenvalue weighted by Gasteiger charge is -2.45. The monoisotopic (exact) mass is 380 g/mol. The van der Waals surface area contributed by atoms with Crippen LogP contribution < -0.4 is 5.32 Å². The van der Waals surface area contributed by atoms with Gasteiger partial charge in [-0.05, 0) is 17.7 Å². The van der Waals surface area contributed by atoms with E-state index >= 15 is 0 Å². The van der Waals surface area contributed by atoms with Crippen molar-refractivity contribution in [2.45, 2.75) is 25.2 Å². The van der Waals surface area contributed by atoms with Gasteiger partial charge in [-0.15, -0.1) is 0 Å². The van der Waals surface area contributed by atoms with E-state index in [0.29, 0.717) is 26.2 Å². The number of piperazine rings is 2. The molecule has 2 saturated heterocycles. The molecule has 7 heteroatoms. The minimum Gasteiger partial charge on any atom is -0.374 e. The van der Waals surface area contributed by atoms with Crippen molar-refractivity contribution in [2.24, 2.45) is 0 Å². The number of hydrogen-bond acceptors (Lipinski definition) is 5. The molecular formula is C21H24N4O3. The number of benzene rings is 1. The zero-order valence-electron chi connectivity index (χ0n) is 15.7. The van der Waals surface area contributed by atoms with E-state index in [1.807, 2.05) is 48.5 Å². The summed E-state index contributed by atoms with van der Waals surface area (Å²) >= 11 is 0. The Morgan fingerprint density at radius 1 is 1.07 bits per heavy atom. The Hall–Kier alpha value is -2.77. The van der Waals surface area contributed by atoms with E-state index in [0.717, 1.165) is 17.8 Å². The second-order valence-electron chi connectivity index (χ2n) is 7.17. The van der Waals surface area contributed by atoms with Crippen molar-refractivity contribution in [3.63, 3.8) is 0 Å². The third-order valence-electron chi connectivity index (χ3n) is 5.17. The van der Waals surface area contributed by atoms with Crippen molar-refractivity contribution in [1.29, 1.82) is 0 Å². The summed E-state index contributed by atoms with van der Waals surface area (Å²) in [5.74, 6) is -0.172. The van der Waals surface area contributed by atoms with Crippen molar-refractivity contribution < 1.29 is 14.3 Å². The first-order valence-corrected chi connectivity index (χ1v) is 9.55. The van der Waals surface area contributed by atoms with Crippen LogP contribution in [0.1, 0.15) is 11.3 Å². The molecule has 2 aliphatic heterocycles. The van der Waals surface area contributed by atoms with Gasteiger partial charge in [0.25, 0.3) is 0 Å². The normalized spacial score (nSPS) is 22.6. The Morgan fingerprint density at radius 2 is 1.89 bits per heavy atom. The maximum absolute atomic E-state index is 12.8. The van der Waals surface area contributed by atoms with Gasteiger partial charge in [-0.1, -0.05) is 36.4 Å². The van der Waals surface area contributed by atoms with Crippen LogP contribution in [0.3, 0.4) is 0 Å². The topological polar surface area (TPSA) is 74.8 Å². The first kappa shape index (κ1) is 18.6. The molecule has 0 saturated carbocycles. The number of ether oxygens (including phenoxy) is 1. The van der Waals surface area contributed by atoms with Gasteiger partial charge in [-0.2, -0.15) is 0 Å². The van der Waals surface area contributed by atoms with Gasteiger partial charge in [-0.25, -0.2) is 0 Å². The molecule has 1 aromatic heterocycles. The van der Waals surface area contributed by atoms with Crippen LogP contribution in [0.2, 0.25) is 0 Å². The summed E-state index contributed by atoms with van der Waals surface area (Å²) in [5, 5.41) is 2.84. The average molecular weight is 380 g/mol. The largest absolute Gasteiger partial charge is 0.374 e. The zero-order valence-corrected chi connectivity index (χ0v) is 15.7. The van der Waals surface area contributed by atoms with Crippen molar-refractivity contribution in [3.8, 4) is 0 Å². The van der Waals surface area contributed by atoms with Crippen LogP contribution in [0.15, 0.2) is 54.7 Å². The molecule has 0 aliphatic carbocycles. The highest BCUT2D eigenvalue weighted by molar-refractivity contribution is 5.97. The smallest absolute Gasteiger partial charge is 0.248 e. The molecule has 0 radical (unpaired) electrons. The number of nitrogens with zero attached hydrogens (tertiary/aromatic N) is 3. The van der Waals surface area contributed by atoms with Crippen molar-refractivity contribution in [3.05, 3.63) is 66.0 Å². The zero-order chi connectivity index (χ0) is 19.3. The van der Waals surface area contributed by atoms with Gasteiger partial charge in [0.15, 0.2) is 0 Å². The van der Waals surface area contributed by atoms with Crippen LogP contribution >= 0.6 is 0 Å². The molecule has 7 nitrogen and oxygen atoms in total. The van der Waals surface area contributed by atoms with E-state index < -0.39 is 12.1 Å². The van der Waals surface area contributed by atoms with Gasteiger partial charge in [0.05, 0.1) is 18.9 Å². The van der Waals surface area contributed by atoms with Gasteiger partial charge >= 0.3 is 0 Å². The van der Waals surface area contributed by atoms with Crippen LogP contribution in [-0.2, 0) is 27.5 Å². The van der Waals surface area contributed by atoms with E-state index in [1.165, 1.54) is 0 Å². The second kappa shape index (κ2) is 8.50. The summed E-state index contributed by atoms with van der Waals surface area (Å²) in [4.78, 5) is 33.6. The summed E-state index contributed by atoms with van der Waals surface area (Å²) in [6.07, 6.45) is 1.77. The Morgan fingerprint density at radius 3 is 2.68 bits per heavy atom. The highest BCUT2D eigenvalue weighted by Crippen LogP contribution is 2.18. The minimum atomic E-state index is -0.616. The summed E-state index contributed by atoms with van der Waals surface area (Å²) in [6.45, 7) is 3.06. The molecule has 2 fully saturated rings. The quantitative estimate of drug-likeness (QED) is 0.803. The molecule has 1 aromatic carbocycles. The first-order valence-electron chi connectivity index (χ1n) is 9.55. The number of rotatable bonds is 6. The van der Waals surface area contributed by atoms with Crippen LogP contribution in [0, 0.1) is 0 Å². The number of pyridine rings is 1. The Balaban J connectivity index is 1.32. The first-order chi connectivity index (χ1) is 13.7. The fourth-order valence-corrected chi connectivity index (χ4v) is 3.70. The number of amides is 2. The predicted molar refractivity (Wildman–Crippen MR) is 103 cm³/mol. The Kier molecular flexibility index (Phi) is 5.64. The number of carbonyl (C=O) groups is 2. The van der Waals surface area contributed by atoms with E-state index in [-0.39, 0.29) is 18.4 Å². The van der Waals surface area contributed by atoms with Gasteiger partial charge in [0.1, 0.15) is 12.1 Å². The number of nitrogens with one attached hydrogen (secondary N) is 1. The lowest BCUT2D eigenvalue weighted by Crippen LogP contribution is -2.69. The molecule has 1 N–H and O–H groups in total. The Bertz CT molecular complexity index is 815. The summed E-state index contributed by atoms with van der Waals surface area (Å²) in [6, 6.07) is 14.5. The van der Waals surface area contributed by atoms with Crippen molar-refractivity contribution in [1.82, 2.24) is 20.1 Å². The van der Waals surface area contributed by atoms with Crippen LogP contribution in [0.4, 0.5) is 0 Å². The highest BCUT2D eigenvalue weighted by Gasteiger charge is 2.43. The number of fused-ring (bicyclic) bond motifs is 1. The summed E-state index contributed by atoms with van der Waals surface area (Å²) < 4.78 is 5.68. The molecule has 28 heavy (non-hydrogen) atoms. The predicted octanol–water partition coefficient (Wildman–Crippen LogP) is 0.810. The maximum atomic E-state index is 12.8. The SMILES string of the molecule is O=C1N[C@@H](COCc2ccccc2)C(=O)N2CCN(Cc3ccccn3)C[C@H]12. The molecule has 0 unspecified atom stereocenters. The van der Waals surface area contributed by atoms with E-state index in [1.54, 1.807) is 11.1 Å². The summed E-state index contributed by atoms with van der Waals surface area (Å²) in [5.41, 5.74) is 2.00. The molecule has 2 amide bonds. The molecular weight excluding hydrogens is 356 g/mol. The van der Waals surface area contributed by atoms with Crippen molar-refractivity contribution >= 4 is 11.8 Å². The van der Waals surface area contributed by atoms with Crippen LogP contribution in [0.5, 0.6) is 0 Å².